The molecule has 0 amide bonds. The van der Waals surface area contributed by atoms with E-state index in [1.165, 1.54) is 12.3 Å². The minimum atomic E-state index is -0.194. The van der Waals surface area contributed by atoms with E-state index in [1.54, 1.807) is 30.5 Å². The number of hydrogen-bond donors (Lipinski definition) is 1. The van der Waals surface area contributed by atoms with E-state index < -0.39 is 0 Å². The average molecular weight is 529 g/mol. The summed E-state index contributed by atoms with van der Waals surface area (Å²) in [6, 6.07) is 22.0. The number of pyridine rings is 1. The van der Waals surface area contributed by atoms with E-state index in [-0.39, 0.29) is 16.0 Å². The van der Waals surface area contributed by atoms with Gasteiger partial charge in [0.1, 0.15) is 5.15 Å². The Hall–Kier alpha value is -2.89. The first kappa shape index (κ1) is 24.2. The number of aromatic nitrogens is 1. The molecule has 170 valence electrons. The van der Waals surface area contributed by atoms with Crippen molar-refractivity contribution in [1.29, 1.82) is 0 Å². The minimum Gasteiger partial charge on any atom is -0.289 e. The topological polar surface area (TPSA) is 54.4 Å². The number of rotatable bonds is 7. The Morgan fingerprint density at radius 2 is 1.53 bits per heavy atom. The third kappa shape index (κ3) is 5.96. The minimum absolute atomic E-state index is 0.159. The largest absolute Gasteiger partial charge is 0.289 e. The lowest BCUT2D eigenvalue weighted by Gasteiger charge is -2.11. The van der Waals surface area contributed by atoms with E-state index in [1.807, 2.05) is 42.5 Å². The van der Waals surface area contributed by atoms with E-state index in [4.69, 9.17) is 46.4 Å². The van der Waals surface area contributed by atoms with Crippen LogP contribution >= 0.6 is 46.4 Å². The number of carbonyl (C=O) groups excluding carboxylic acids is 1. The number of hydrazone groups is 1. The lowest BCUT2D eigenvalue weighted by Crippen LogP contribution is -2.02. The number of nitrogens with one attached hydrogen (secondary N) is 1. The molecule has 34 heavy (non-hydrogen) atoms. The molecule has 0 spiro atoms. The second kappa shape index (κ2) is 11.0. The predicted molar refractivity (Wildman–Crippen MR) is 141 cm³/mol. The maximum atomic E-state index is 12.7. The molecule has 0 fully saturated rings. The zero-order valence-electron chi connectivity index (χ0n) is 17.6. The van der Waals surface area contributed by atoms with Gasteiger partial charge in [-0.2, -0.15) is 5.10 Å². The lowest BCUT2D eigenvalue weighted by atomic mass is 10.00. The van der Waals surface area contributed by atoms with Crippen molar-refractivity contribution in [2.45, 2.75) is 6.42 Å². The molecule has 4 rings (SSSR count). The summed E-state index contributed by atoms with van der Waals surface area (Å²) < 4.78 is 0. The van der Waals surface area contributed by atoms with Crippen LogP contribution in [0.2, 0.25) is 20.2 Å². The summed E-state index contributed by atoms with van der Waals surface area (Å²) in [5, 5.41) is 5.66. The molecule has 0 aliphatic rings. The highest BCUT2D eigenvalue weighted by molar-refractivity contribution is 6.41. The highest BCUT2D eigenvalue weighted by Gasteiger charge is 2.13. The van der Waals surface area contributed by atoms with Gasteiger partial charge in [0, 0.05) is 33.8 Å². The Bertz CT molecular complexity index is 1330. The third-order valence-corrected chi connectivity index (χ3v) is 6.36. The van der Waals surface area contributed by atoms with Crippen molar-refractivity contribution < 1.29 is 4.79 Å². The number of anilines is 1. The second-order valence-electron chi connectivity index (χ2n) is 7.40. The van der Waals surface area contributed by atoms with Gasteiger partial charge in [-0.1, -0.05) is 101 Å². The van der Waals surface area contributed by atoms with E-state index in [9.17, 15) is 4.79 Å². The zero-order valence-corrected chi connectivity index (χ0v) is 20.6. The molecule has 8 heteroatoms. The van der Waals surface area contributed by atoms with Gasteiger partial charge in [0.2, 0.25) is 0 Å². The Morgan fingerprint density at radius 1 is 0.853 bits per heavy atom. The Kier molecular flexibility index (Phi) is 7.86. The fourth-order valence-corrected chi connectivity index (χ4v) is 4.14. The molecule has 0 aliphatic heterocycles. The molecule has 0 saturated heterocycles. The molecule has 1 N–H and O–H groups in total. The third-order valence-electron chi connectivity index (χ3n) is 5.00. The van der Waals surface area contributed by atoms with E-state index in [0.717, 1.165) is 16.7 Å². The van der Waals surface area contributed by atoms with Gasteiger partial charge in [-0.15, -0.1) is 0 Å². The van der Waals surface area contributed by atoms with Gasteiger partial charge in [0.05, 0.1) is 16.9 Å². The van der Waals surface area contributed by atoms with Crippen molar-refractivity contribution in [3.05, 3.63) is 127 Å². The van der Waals surface area contributed by atoms with Crippen LogP contribution in [0.25, 0.3) is 0 Å². The number of hydrogen-bond acceptors (Lipinski definition) is 4. The van der Waals surface area contributed by atoms with Crippen LogP contribution in [-0.2, 0) is 6.42 Å². The van der Waals surface area contributed by atoms with Gasteiger partial charge in [0.25, 0.3) is 0 Å². The van der Waals surface area contributed by atoms with Gasteiger partial charge < -0.3 is 0 Å². The molecule has 4 nitrogen and oxygen atoms in total. The van der Waals surface area contributed by atoms with Crippen molar-refractivity contribution in [1.82, 2.24) is 4.98 Å². The quantitative estimate of drug-likeness (QED) is 0.114. The molecule has 0 saturated carbocycles. The average Bonchev–Trinajstić information content (AvgIpc) is 2.84. The van der Waals surface area contributed by atoms with Crippen LogP contribution in [-0.4, -0.2) is 17.0 Å². The number of nitrogens with zero attached hydrogens (tertiary/aromatic N) is 2. The first-order valence-corrected chi connectivity index (χ1v) is 11.7. The monoisotopic (exact) mass is 527 g/mol. The molecule has 0 aliphatic carbocycles. The summed E-state index contributed by atoms with van der Waals surface area (Å²) in [6.07, 6.45) is 3.63. The first-order chi connectivity index (χ1) is 16.4. The van der Waals surface area contributed by atoms with Crippen molar-refractivity contribution in [2.75, 3.05) is 5.43 Å². The molecule has 0 atom stereocenters. The number of carbonyl (C=O) groups is 1. The van der Waals surface area contributed by atoms with Crippen LogP contribution < -0.4 is 5.43 Å². The second-order valence-corrected chi connectivity index (χ2v) is 8.98. The van der Waals surface area contributed by atoms with Crippen molar-refractivity contribution in [3.63, 3.8) is 0 Å². The smallest absolute Gasteiger partial charge is 0.194 e. The highest BCUT2D eigenvalue weighted by atomic mass is 35.5. The summed E-state index contributed by atoms with van der Waals surface area (Å²) in [5.74, 6) is -0.194. The van der Waals surface area contributed by atoms with Crippen molar-refractivity contribution in [3.8, 4) is 0 Å². The van der Waals surface area contributed by atoms with Gasteiger partial charge in [-0.05, 0) is 34.9 Å². The number of ketones is 1. The van der Waals surface area contributed by atoms with Gasteiger partial charge in [-0.25, -0.2) is 4.98 Å². The SMILES string of the molecule is O=C(c1ccc(Cc2c(Cl)cc(N/N=C/c3ccccc3)cc2Cl)cc1)c1cnc(Cl)c(Cl)c1. The Morgan fingerprint density at radius 3 is 2.18 bits per heavy atom. The molecule has 0 bridgehead atoms. The molecule has 0 unspecified atom stereocenters. The van der Waals surface area contributed by atoms with E-state index in [2.05, 4.69) is 15.5 Å². The van der Waals surface area contributed by atoms with E-state index >= 15 is 0 Å². The fourth-order valence-electron chi connectivity index (χ4n) is 3.25. The van der Waals surface area contributed by atoms with Crippen LogP contribution in [0.4, 0.5) is 5.69 Å². The zero-order chi connectivity index (χ0) is 24.1. The van der Waals surface area contributed by atoms with Crippen LogP contribution in [0.1, 0.15) is 32.6 Å². The summed E-state index contributed by atoms with van der Waals surface area (Å²) >= 11 is 24.8. The van der Waals surface area contributed by atoms with Crippen molar-refractivity contribution >= 4 is 64.1 Å². The molecule has 0 radical (unpaired) electrons. The van der Waals surface area contributed by atoms with Gasteiger partial charge in [-0.3, -0.25) is 10.2 Å². The molecule has 4 aromatic rings. The maximum absolute atomic E-state index is 12.7. The summed E-state index contributed by atoms with van der Waals surface area (Å²) in [7, 11) is 0. The summed E-state index contributed by atoms with van der Waals surface area (Å²) in [6.45, 7) is 0. The standard InChI is InChI=1S/C26H17Cl4N3O/c27-22-12-20(33-32-14-17-4-2-1-3-5-17)13-23(28)21(22)10-16-6-8-18(9-7-16)25(34)19-11-24(29)26(30)31-15-19/h1-9,11-15,33H,10H2/b32-14+. The molecular formula is C26H17Cl4N3O. The van der Waals surface area contributed by atoms with Crippen molar-refractivity contribution in [2.24, 2.45) is 5.10 Å². The highest BCUT2D eigenvalue weighted by Crippen LogP contribution is 2.31. The van der Waals surface area contributed by atoms with Crippen LogP contribution in [0.15, 0.2) is 84.1 Å². The Balaban J connectivity index is 1.45. The predicted octanol–water partition coefficient (Wildman–Crippen LogP) is 7.96. The first-order valence-electron chi connectivity index (χ1n) is 10.2. The van der Waals surface area contributed by atoms with Crippen LogP contribution in [0.5, 0.6) is 0 Å². The number of benzene rings is 3. The summed E-state index contributed by atoms with van der Waals surface area (Å²) in [5.41, 5.74) is 7.22. The lowest BCUT2D eigenvalue weighted by molar-refractivity contribution is 0.103. The van der Waals surface area contributed by atoms with Crippen LogP contribution in [0.3, 0.4) is 0 Å². The number of halogens is 4. The van der Waals surface area contributed by atoms with Gasteiger partial charge >= 0.3 is 0 Å². The molecule has 1 aromatic heterocycles. The normalized spacial score (nSPS) is 11.1. The molecule has 1 heterocycles. The Labute approximate surface area is 217 Å². The van der Waals surface area contributed by atoms with Crippen LogP contribution in [0, 0.1) is 0 Å². The fraction of sp³-hybridized carbons (Fsp3) is 0.0385. The molecule has 3 aromatic carbocycles. The maximum Gasteiger partial charge on any atom is 0.194 e. The van der Waals surface area contributed by atoms with Gasteiger partial charge in [0.15, 0.2) is 5.78 Å². The summed E-state index contributed by atoms with van der Waals surface area (Å²) in [4.78, 5) is 16.6. The van der Waals surface area contributed by atoms with E-state index in [0.29, 0.717) is 33.3 Å². The molecular weight excluding hydrogens is 512 g/mol.